The Morgan fingerprint density at radius 2 is 2.21 bits per heavy atom. The van der Waals surface area contributed by atoms with E-state index >= 15 is 0 Å². The van der Waals surface area contributed by atoms with Crippen molar-refractivity contribution >= 4 is 15.9 Å². The fourth-order valence-electron chi connectivity index (χ4n) is 0.947. The Bertz CT molecular complexity index is 423. The SMILES string of the molecule is N#Cc1c(F)cccc1C#CCCBr. The average molecular weight is 252 g/mol. The minimum atomic E-state index is -0.516. The van der Waals surface area contributed by atoms with Gasteiger partial charge in [0, 0.05) is 17.3 Å². The molecule has 1 aromatic carbocycles. The molecule has 0 heterocycles. The first-order valence-corrected chi connectivity index (χ1v) is 5.15. The largest absolute Gasteiger partial charge is 0.205 e. The Balaban J connectivity index is 3.06. The summed E-state index contributed by atoms with van der Waals surface area (Å²) in [5, 5.41) is 9.46. The topological polar surface area (TPSA) is 23.8 Å². The molecule has 0 aliphatic carbocycles. The lowest BCUT2D eigenvalue weighted by atomic mass is 10.1. The van der Waals surface area contributed by atoms with Gasteiger partial charge >= 0.3 is 0 Å². The molecule has 0 aromatic heterocycles. The first kappa shape index (κ1) is 10.8. The highest BCUT2D eigenvalue weighted by Gasteiger charge is 2.04. The van der Waals surface area contributed by atoms with Gasteiger partial charge < -0.3 is 0 Å². The number of hydrogen-bond donors (Lipinski definition) is 0. The summed E-state index contributed by atoms with van der Waals surface area (Å²) in [6.45, 7) is 0. The summed E-state index contributed by atoms with van der Waals surface area (Å²) in [7, 11) is 0. The van der Waals surface area contributed by atoms with Gasteiger partial charge in [0.25, 0.3) is 0 Å². The summed E-state index contributed by atoms with van der Waals surface area (Å²) < 4.78 is 13.1. The molecule has 70 valence electrons. The van der Waals surface area contributed by atoms with Crippen LogP contribution in [0.1, 0.15) is 17.5 Å². The van der Waals surface area contributed by atoms with Crippen LogP contribution in [0.25, 0.3) is 0 Å². The van der Waals surface area contributed by atoms with Gasteiger partial charge in [0.15, 0.2) is 0 Å². The predicted molar refractivity (Wildman–Crippen MR) is 56.4 cm³/mol. The molecule has 0 amide bonds. The van der Waals surface area contributed by atoms with Crippen molar-refractivity contribution in [2.24, 2.45) is 0 Å². The Labute approximate surface area is 90.7 Å². The van der Waals surface area contributed by atoms with Crippen LogP contribution >= 0.6 is 15.9 Å². The number of nitrogens with zero attached hydrogens (tertiary/aromatic N) is 1. The van der Waals surface area contributed by atoms with E-state index < -0.39 is 5.82 Å². The van der Waals surface area contributed by atoms with Crippen LogP contribution in [0.2, 0.25) is 0 Å². The number of nitriles is 1. The first-order chi connectivity index (χ1) is 6.79. The average Bonchev–Trinajstić information content (AvgIpc) is 2.18. The fraction of sp³-hybridized carbons (Fsp3) is 0.182. The molecule has 0 N–H and O–H groups in total. The van der Waals surface area contributed by atoms with Gasteiger partial charge in [0.2, 0.25) is 0 Å². The summed E-state index contributed by atoms with van der Waals surface area (Å²) in [6.07, 6.45) is 0.682. The van der Waals surface area contributed by atoms with Gasteiger partial charge in [-0.25, -0.2) is 4.39 Å². The molecule has 0 radical (unpaired) electrons. The normalized spacial score (nSPS) is 8.64. The van der Waals surface area contributed by atoms with Crippen LogP contribution in [-0.4, -0.2) is 5.33 Å². The van der Waals surface area contributed by atoms with Crippen LogP contribution in [-0.2, 0) is 0 Å². The summed E-state index contributed by atoms with van der Waals surface area (Å²) in [6, 6.07) is 6.25. The summed E-state index contributed by atoms with van der Waals surface area (Å²) in [4.78, 5) is 0. The molecular formula is C11H7BrFN. The van der Waals surface area contributed by atoms with Gasteiger partial charge in [-0.2, -0.15) is 5.26 Å². The summed E-state index contributed by atoms with van der Waals surface area (Å²) in [5.41, 5.74) is 0.475. The van der Waals surface area contributed by atoms with Crippen molar-refractivity contribution in [2.75, 3.05) is 5.33 Å². The van der Waals surface area contributed by atoms with Crippen molar-refractivity contribution in [3.63, 3.8) is 0 Å². The monoisotopic (exact) mass is 251 g/mol. The molecule has 0 fully saturated rings. The molecular weight excluding hydrogens is 245 g/mol. The number of benzene rings is 1. The smallest absolute Gasteiger partial charge is 0.142 e. The second kappa shape index (κ2) is 5.42. The molecule has 0 spiro atoms. The zero-order valence-electron chi connectivity index (χ0n) is 7.35. The van der Waals surface area contributed by atoms with E-state index in [2.05, 4.69) is 27.8 Å². The summed E-state index contributed by atoms with van der Waals surface area (Å²) in [5.74, 6) is 5.09. The van der Waals surface area contributed by atoms with Crippen LogP contribution in [0.15, 0.2) is 18.2 Å². The minimum absolute atomic E-state index is 0.0228. The van der Waals surface area contributed by atoms with Gasteiger partial charge in [-0.1, -0.05) is 33.8 Å². The van der Waals surface area contributed by atoms with Gasteiger partial charge in [0.1, 0.15) is 17.4 Å². The van der Waals surface area contributed by atoms with Crippen LogP contribution in [0.3, 0.4) is 0 Å². The fourth-order valence-corrected chi connectivity index (χ4v) is 1.15. The first-order valence-electron chi connectivity index (χ1n) is 4.03. The quantitative estimate of drug-likeness (QED) is 0.557. The summed E-state index contributed by atoms with van der Waals surface area (Å²) >= 11 is 3.23. The van der Waals surface area contributed by atoms with E-state index in [1.165, 1.54) is 6.07 Å². The Morgan fingerprint density at radius 3 is 2.86 bits per heavy atom. The number of halogens is 2. The van der Waals surface area contributed by atoms with E-state index in [1.807, 2.05) is 0 Å². The van der Waals surface area contributed by atoms with Crippen LogP contribution in [0, 0.1) is 29.0 Å². The Kier molecular flexibility index (Phi) is 4.16. The Morgan fingerprint density at radius 1 is 1.43 bits per heavy atom. The molecule has 0 saturated carbocycles. The van der Waals surface area contributed by atoms with E-state index in [4.69, 9.17) is 5.26 Å². The molecule has 14 heavy (non-hydrogen) atoms. The minimum Gasteiger partial charge on any atom is -0.205 e. The van der Waals surface area contributed by atoms with Crippen molar-refractivity contribution in [3.8, 4) is 17.9 Å². The highest BCUT2D eigenvalue weighted by atomic mass is 79.9. The molecule has 1 nitrogen and oxygen atoms in total. The molecule has 0 aliphatic rings. The zero-order chi connectivity index (χ0) is 10.4. The van der Waals surface area contributed by atoms with Crippen molar-refractivity contribution < 1.29 is 4.39 Å². The molecule has 1 aromatic rings. The third kappa shape index (κ3) is 2.58. The maximum absolute atomic E-state index is 13.1. The standard InChI is InChI=1S/C11H7BrFN/c12-7-2-1-4-9-5-3-6-11(13)10(9)8-14/h3,5-6H,2,7H2. The van der Waals surface area contributed by atoms with E-state index in [-0.39, 0.29) is 5.56 Å². The van der Waals surface area contributed by atoms with Crippen LogP contribution in [0.4, 0.5) is 4.39 Å². The highest BCUT2D eigenvalue weighted by Crippen LogP contribution is 2.10. The van der Waals surface area contributed by atoms with E-state index in [0.29, 0.717) is 12.0 Å². The molecule has 1 rings (SSSR count). The van der Waals surface area contributed by atoms with Crippen LogP contribution < -0.4 is 0 Å². The Hall–Kier alpha value is -1.32. The number of hydrogen-bond acceptors (Lipinski definition) is 1. The molecule has 0 aliphatic heterocycles. The van der Waals surface area contributed by atoms with Crippen LogP contribution in [0.5, 0.6) is 0 Å². The lowest BCUT2D eigenvalue weighted by molar-refractivity contribution is 0.623. The zero-order valence-corrected chi connectivity index (χ0v) is 8.94. The lowest BCUT2D eigenvalue weighted by Gasteiger charge is -1.95. The number of rotatable bonds is 1. The van der Waals surface area contributed by atoms with E-state index in [0.717, 1.165) is 5.33 Å². The van der Waals surface area contributed by atoms with Crippen molar-refractivity contribution in [3.05, 3.63) is 35.1 Å². The van der Waals surface area contributed by atoms with Crippen molar-refractivity contribution in [1.82, 2.24) is 0 Å². The molecule has 0 bridgehead atoms. The lowest BCUT2D eigenvalue weighted by Crippen LogP contribution is -1.88. The van der Waals surface area contributed by atoms with Crippen molar-refractivity contribution in [2.45, 2.75) is 6.42 Å². The molecule has 0 unspecified atom stereocenters. The third-order valence-electron chi connectivity index (χ3n) is 1.57. The predicted octanol–water partition coefficient (Wildman–Crippen LogP) is 2.83. The molecule has 0 atom stereocenters. The van der Waals surface area contributed by atoms with Crippen molar-refractivity contribution in [1.29, 1.82) is 5.26 Å². The van der Waals surface area contributed by atoms with Gasteiger partial charge in [-0.05, 0) is 12.1 Å². The van der Waals surface area contributed by atoms with E-state index in [1.54, 1.807) is 18.2 Å². The van der Waals surface area contributed by atoms with Gasteiger partial charge in [0.05, 0.1) is 0 Å². The molecule has 0 saturated heterocycles. The van der Waals surface area contributed by atoms with Gasteiger partial charge in [-0.3, -0.25) is 0 Å². The maximum Gasteiger partial charge on any atom is 0.142 e. The highest BCUT2D eigenvalue weighted by molar-refractivity contribution is 9.09. The van der Waals surface area contributed by atoms with Gasteiger partial charge in [-0.15, -0.1) is 0 Å². The number of alkyl halides is 1. The molecule has 3 heteroatoms. The second-order valence-corrected chi connectivity index (χ2v) is 3.31. The maximum atomic E-state index is 13.1. The van der Waals surface area contributed by atoms with E-state index in [9.17, 15) is 4.39 Å². The third-order valence-corrected chi connectivity index (χ3v) is 1.96. The second-order valence-electron chi connectivity index (χ2n) is 2.51.